The fraction of sp³-hybridized carbons (Fsp3) is 0.0667. The van der Waals surface area contributed by atoms with Crippen molar-refractivity contribution in [3.05, 3.63) is 58.9 Å². The first-order chi connectivity index (χ1) is 10.1. The highest BCUT2D eigenvalue weighted by Gasteiger charge is 2.14. The van der Waals surface area contributed by atoms with Gasteiger partial charge in [-0.2, -0.15) is 0 Å². The lowest BCUT2D eigenvalue weighted by Crippen LogP contribution is -2.05. The van der Waals surface area contributed by atoms with Gasteiger partial charge in [-0.25, -0.2) is 9.78 Å². The fourth-order valence-corrected chi connectivity index (χ4v) is 2.03. The molecule has 0 saturated heterocycles. The van der Waals surface area contributed by atoms with Crippen LogP contribution < -0.4 is 0 Å². The summed E-state index contributed by atoms with van der Waals surface area (Å²) in [7, 11) is 0. The molecule has 0 aliphatic heterocycles. The quantitative estimate of drug-likeness (QED) is 0.749. The largest absolute Gasteiger partial charge is 0.507 e. The number of nitrogens with zero attached hydrogens (tertiary/aromatic N) is 1. The maximum atomic E-state index is 11.9. The van der Waals surface area contributed by atoms with Gasteiger partial charge in [-0.05, 0) is 30.3 Å². The van der Waals surface area contributed by atoms with Gasteiger partial charge in [-0.15, -0.1) is 0 Å². The Labute approximate surface area is 124 Å². The van der Waals surface area contributed by atoms with E-state index < -0.39 is 5.97 Å². The van der Waals surface area contributed by atoms with Gasteiger partial charge in [0.15, 0.2) is 12.2 Å². The number of oxazole rings is 1. The van der Waals surface area contributed by atoms with Crippen LogP contribution in [-0.2, 0) is 11.3 Å². The molecule has 0 aliphatic carbocycles. The standard InChI is InChI=1S/C15H10ClNO4/c16-9-5-6-10(12(18)7-9)15(19)20-8-14-17-11-3-1-2-4-13(11)21-14/h1-7,18H,8H2. The zero-order valence-electron chi connectivity index (χ0n) is 10.7. The third kappa shape index (κ3) is 2.83. The molecule has 1 aromatic heterocycles. The van der Waals surface area contributed by atoms with Crippen molar-refractivity contribution in [3.63, 3.8) is 0 Å². The minimum atomic E-state index is -0.675. The summed E-state index contributed by atoms with van der Waals surface area (Å²) < 4.78 is 10.5. The molecule has 3 rings (SSSR count). The summed E-state index contributed by atoms with van der Waals surface area (Å²) in [5, 5.41) is 9.99. The molecule has 0 atom stereocenters. The molecule has 0 radical (unpaired) electrons. The van der Waals surface area contributed by atoms with Crippen molar-refractivity contribution in [2.45, 2.75) is 6.61 Å². The van der Waals surface area contributed by atoms with Crippen LogP contribution in [0.2, 0.25) is 5.02 Å². The van der Waals surface area contributed by atoms with Gasteiger partial charge in [0.25, 0.3) is 0 Å². The molecule has 0 unspecified atom stereocenters. The van der Waals surface area contributed by atoms with Gasteiger partial charge in [-0.3, -0.25) is 0 Å². The minimum Gasteiger partial charge on any atom is -0.507 e. The summed E-state index contributed by atoms with van der Waals surface area (Å²) in [5.74, 6) is -0.616. The number of ether oxygens (including phenoxy) is 1. The van der Waals surface area contributed by atoms with Gasteiger partial charge in [0.05, 0.1) is 0 Å². The van der Waals surface area contributed by atoms with Crippen LogP contribution in [-0.4, -0.2) is 16.1 Å². The van der Waals surface area contributed by atoms with Crippen molar-refractivity contribution in [2.75, 3.05) is 0 Å². The highest BCUT2D eigenvalue weighted by molar-refractivity contribution is 6.30. The van der Waals surface area contributed by atoms with Crippen LogP contribution in [0.1, 0.15) is 16.2 Å². The summed E-state index contributed by atoms with van der Waals surface area (Å²) in [4.78, 5) is 16.1. The van der Waals surface area contributed by atoms with Gasteiger partial charge in [-0.1, -0.05) is 23.7 Å². The fourth-order valence-electron chi connectivity index (χ4n) is 1.86. The Bertz CT molecular complexity index is 779. The van der Waals surface area contributed by atoms with Crippen LogP contribution in [0.25, 0.3) is 11.1 Å². The highest BCUT2D eigenvalue weighted by Crippen LogP contribution is 2.23. The molecule has 0 saturated carbocycles. The number of para-hydroxylation sites is 2. The molecular weight excluding hydrogens is 294 g/mol. The van der Waals surface area contributed by atoms with E-state index in [1.54, 1.807) is 12.1 Å². The lowest BCUT2D eigenvalue weighted by Gasteiger charge is -2.04. The lowest BCUT2D eigenvalue weighted by molar-refractivity contribution is 0.0437. The summed E-state index contributed by atoms with van der Waals surface area (Å²) in [6.45, 7) is -0.115. The third-order valence-electron chi connectivity index (χ3n) is 2.84. The number of aromatic hydroxyl groups is 1. The van der Waals surface area contributed by atoms with E-state index >= 15 is 0 Å². The Morgan fingerprint density at radius 3 is 2.86 bits per heavy atom. The smallest absolute Gasteiger partial charge is 0.342 e. The first-order valence-electron chi connectivity index (χ1n) is 6.13. The molecule has 0 spiro atoms. The molecule has 1 heterocycles. The topological polar surface area (TPSA) is 72.6 Å². The number of phenols is 1. The normalized spacial score (nSPS) is 10.7. The molecule has 0 aliphatic rings. The predicted molar refractivity (Wildman–Crippen MR) is 76.2 cm³/mol. The number of esters is 1. The molecule has 3 aromatic rings. The molecule has 0 fully saturated rings. The third-order valence-corrected chi connectivity index (χ3v) is 3.08. The number of hydrogen-bond donors (Lipinski definition) is 1. The summed E-state index contributed by atoms with van der Waals surface area (Å²) in [6, 6.07) is 11.4. The molecule has 21 heavy (non-hydrogen) atoms. The van der Waals surface area contributed by atoms with Crippen LogP contribution in [0, 0.1) is 0 Å². The first-order valence-corrected chi connectivity index (χ1v) is 6.51. The maximum Gasteiger partial charge on any atom is 0.342 e. The van der Waals surface area contributed by atoms with Crippen molar-refractivity contribution in [1.29, 1.82) is 0 Å². The number of carbonyl (C=O) groups excluding carboxylic acids is 1. The Morgan fingerprint density at radius 1 is 1.29 bits per heavy atom. The average Bonchev–Trinajstić information content (AvgIpc) is 2.87. The predicted octanol–water partition coefficient (Wildman–Crippen LogP) is 3.54. The van der Waals surface area contributed by atoms with Gasteiger partial charge in [0.1, 0.15) is 16.8 Å². The van der Waals surface area contributed by atoms with Crippen LogP contribution in [0.15, 0.2) is 46.9 Å². The van der Waals surface area contributed by atoms with E-state index in [0.717, 1.165) is 0 Å². The molecule has 6 heteroatoms. The second-order valence-corrected chi connectivity index (χ2v) is 4.75. The average molecular weight is 304 g/mol. The Morgan fingerprint density at radius 2 is 2.10 bits per heavy atom. The van der Waals surface area contributed by atoms with Crippen molar-refractivity contribution in [2.24, 2.45) is 0 Å². The molecule has 106 valence electrons. The van der Waals surface area contributed by atoms with Gasteiger partial charge < -0.3 is 14.3 Å². The van der Waals surface area contributed by atoms with E-state index in [2.05, 4.69) is 4.98 Å². The van der Waals surface area contributed by atoms with Gasteiger partial charge in [0.2, 0.25) is 5.89 Å². The number of halogens is 1. The first kappa shape index (κ1) is 13.5. The van der Waals surface area contributed by atoms with E-state index in [1.807, 2.05) is 12.1 Å². The summed E-state index contributed by atoms with van der Waals surface area (Å²) >= 11 is 5.70. The molecule has 5 nitrogen and oxygen atoms in total. The summed E-state index contributed by atoms with van der Waals surface area (Å²) in [6.07, 6.45) is 0. The van der Waals surface area contributed by atoms with Gasteiger partial charge in [0, 0.05) is 5.02 Å². The monoisotopic (exact) mass is 303 g/mol. The molecular formula is C15H10ClNO4. The van der Waals surface area contributed by atoms with Crippen LogP contribution in [0.3, 0.4) is 0 Å². The SMILES string of the molecule is O=C(OCc1nc2ccccc2o1)c1ccc(Cl)cc1O. The van der Waals surface area contributed by atoms with Gasteiger partial charge >= 0.3 is 5.97 Å². The highest BCUT2D eigenvalue weighted by atomic mass is 35.5. The number of phenolic OH excluding ortho intramolecular Hbond substituents is 1. The molecule has 1 N–H and O–H groups in total. The van der Waals surface area contributed by atoms with Crippen LogP contribution >= 0.6 is 11.6 Å². The second kappa shape index (κ2) is 5.46. The molecule has 0 bridgehead atoms. The zero-order valence-corrected chi connectivity index (χ0v) is 11.5. The van der Waals surface area contributed by atoms with E-state index in [9.17, 15) is 9.90 Å². The van der Waals surface area contributed by atoms with E-state index in [0.29, 0.717) is 16.1 Å². The zero-order chi connectivity index (χ0) is 14.8. The van der Waals surface area contributed by atoms with E-state index in [4.69, 9.17) is 20.8 Å². The molecule has 0 amide bonds. The summed E-state index contributed by atoms with van der Waals surface area (Å²) in [5.41, 5.74) is 1.35. The number of aromatic nitrogens is 1. The maximum absolute atomic E-state index is 11.9. The second-order valence-electron chi connectivity index (χ2n) is 4.31. The number of benzene rings is 2. The van der Waals surface area contributed by atoms with Crippen molar-refractivity contribution in [1.82, 2.24) is 4.98 Å². The number of hydrogen-bond acceptors (Lipinski definition) is 5. The van der Waals surface area contributed by atoms with Crippen molar-refractivity contribution >= 4 is 28.7 Å². The van der Waals surface area contributed by atoms with E-state index in [1.165, 1.54) is 18.2 Å². The number of fused-ring (bicyclic) bond motifs is 1. The molecule has 2 aromatic carbocycles. The van der Waals surface area contributed by atoms with E-state index in [-0.39, 0.29) is 23.8 Å². The van der Waals surface area contributed by atoms with Crippen molar-refractivity contribution in [3.8, 4) is 5.75 Å². The number of rotatable bonds is 3. The minimum absolute atomic E-state index is 0.0375. The lowest BCUT2D eigenvalue weighted by atomic mass is 10.2. The Hall–Kier alpha value is -2.53. The Balaban J connectivity index is 1.73. The van der Waals surface area contributed by atoms with Crippen LogP contribution in [0.4, 0.5) is 0 Å². The Kier molecular flexibility index (Phi) is 3.50. The number of carbonyl (C=O) groups is 1. The van der Waals surface area contributed by atoms with Crippen molar-refractivity contribution < 1.29 is 19.1 Å². The van der Waals surface area contributed by atoms with Crippen LogP contribution in [0.5, 0.6) is 5.75 Å².